The molecule has 23 heavy (non-hydrogen) atoms. The van der Waals surface area contributed by atoms with Crippen molar-refractivity contribution >= 4 is 23.0 Å². The molecule has 1 fully saturated rings. The average Bonchev–Trinajstić information content (AvgIpc) is 2.86. The van der Waals surface area contributed by atoms with Gasteiger partial charge >= 0.3 is 0 Å². The Kier molecular flexibility index (Phi) is 6.87. The van der Waals surface area contributed by atoms with Gasteiger partial charge in [-0.05, 0) is 42.5 Å². The van der Waals surface area contributed by atoms with Gasteiger partial charge < -0.3 is 10.0 Å². The minimum absolute atomic E-state index is 0.183. The van der Waals surface area contributed by atoms with Crippen LogP contribution in [0.2, 0.25) is 5.15 Å². The van der Waals surface area contributed by atoms with Gasteiger partial charge in [0, 0.05) is 13.1 Å². The van der Waals surface area contributed by atoms with E-state index in [1.54, 1.807) is 0 Å². The van der Waals surface area contributed by atoms with Crippen LogP contribution in [0.5, 0.6) is 0 Å². The number of pyridine rings is 1. The molecule has 1 aromatic heterocycles. The summed E-state index contributed by atoms with van der Waals surface area (Å²) in [5.74, 6) is 0.895. The fourth-order valence-corrected chi connectivity index (χ4v) is 2.88. The first kappa shape index (κ1) is 17.8. The van der Waals surface area contributed by atoms with Gasteiger partial charge in [0.1, 0.15) is 11.0 Å². The number of allylic oxidation sites excluding steroid dienone is 6. The highest BCUT2D eigenvalue weighted by Crippen LogP contribution is 2.27. The fourth-order valence-electron chi connectivity index (χ4n) is 2.68. The van der Waals surface area contributed by atoms with Gasteiger partial charge in [-0.25, -0.2) is 4.98 Å². The lowest BCUT2D eigenvalue weighted by Crippen LogP contribution is -2.36. The molecule has 0 amide bonds. The maximum atomic E-state index is 9.62. The monoisotopic (exact) mass is 332 g/mol. The number of hydrogen-bond acceptors (Lipinski definition) is 3. The van der Waals surface area contributed by atoms with Crippen molar-refractivity contribution in [3.8, 4) is 0 Å². The summed E-state index contributed by atoms with van der Waals surface area (Å²) < 4.78 is 0. The van der Waals surface area contributed by atoms with E-state index in [1.807, 2.05) is 19.9 Å². The van der Waals surface area contributed by atoms with Gasteiger partial charge in [-0.1, -0.05) is 55.8 Å². The predicted octanol–water partition coefficient (Wildman–Crippen LogP) is 4.62. The molecule has 0 saturated carbocycles. The number of rotatable bonds is 2. The molecular formula is C19H25ClN2O. The molecule has 0 spiro atoms. The van der Waals surface area contributed by atoms with Crippen LogP contribution in [-0.4, -0.2) is 29.3 Å². The predicted molar refractivity (Wildman–Crippen MR) is 98.9 cm³/mol. The van der Waals surface area contributed by atoms with E-state index >= 15 is 0 Å². The fraction of sp³-hybridized carbons (Fsp3) is 0.421. The van der Waals surface area contributed by atoms with E-state index in [-0.39, 0.29) is 6.10 Å². The molecule has 3 nitrogen and oxygen atoms in total. The number of anilines is 1. The molecule has 3 rings (SSSR count). The molecule has 0 atom stereocenters. The van der Waals surface area contributed by atoms with Crippen molar-refractivity contribution < 1.29 is 5.11 Å². The van der Waals surface area contributed by atoms with Gasteiger partial charge in [-0.2, -0.15) is 0 Å². The third kappa shape index (κ3) is 4.95. The Hall–Kier alpha value is -1.58. The Balaban J connectivity index is 0.000000924. The van der Waals surface area contributed by atoms with Crippen molar-refractivity contribution in [3.05, 3.63) is 53.2 Å². The molecule has 0 unspecified atom stereocenters. The van der Waals surface area contributed by atoms with Crippen molar-refractivity contribution in [2.75, 3.05) is 18.0 Å². The van der Waals surface area contributed by atoms with Crippen LogP contribution < -0.4 is 4.90 Å². The van der Waals surface area contributed by atoms with E-state index in [0.29, 0.717) is 5.15 Å². The van der Waals surface area contributed by atoms with E-state index in [4.69, 9.17) is 11.6 Å². The lowest BCUT2D eigenvalue weighted by atomic mass is 10.0. The van der Waals surface area contributed by atoms with Crippen LogP contribution in [0.1, 0.15) is 38.7 Å². The third-order valence-electron chi connectivity index (χ3n) is 3.88. The summed E-state index contributed by atoms with van der Waals surface area (Å²) in [6.45, 7) is 5.64. The second-order valence-electron chi connectivity index (χ2n) is 5.44. The SMILES string of the molecule is CC.OC1CCN(c2cc(C3=CC=CCC=C3)cc(Cl)n2)CC1. The number of halogens is 1. The largest absolute Gasteiger partial charge is 0.393 e. The Morgan fingerprint density at radius 3 is 2.65 bits per heavy atom. The van der Waals surface area contributed by atoms with Gasteiger partial charge in [0.15, 0.2) is 0 Å². The molecule has 0 aromatic carbocycles. The first-order valence-electron chi connectivity index (χ1n) is 8.37. The third-order valence-corrected chi connectivity index (χ3v) is 4.08. The molecule has 0 radical (unpaired) electrons. The lowest BCUT2D eigenvalue weighted by Gasteiger charge is -2.30. The topological polar surface area (TPSA) is 36.4 Å². The van der Waals surface area contributed by atoms with E-state index in [9.17, 15) is 5.11 Å². The van der Waals surface area contributed by atoms with Gasteiger partial charge in [0.05, 0.1) is 6.10 Å². The Morgan fingerprint density at radius 2 is 1.91 bits per heavy atom. The second kappa shape index (κ2) is 8.90. The van der Waals surface area contributed by atoms with Crippen molar-refractivity contribution in [1.82, 2.24) is 4.98 Å². The molecule has 2 heterocycles. The van der Waals surface area contributed by atoms with Gasteiger partial charge in [-0.3, -0.25) is 0 Å². The van der Waals surface area contributed by atoms with Crippen LogP contribution in [0.25, 0.3) is 5.57 Å². The smallest absolute Gasteiger partial charge is 0.132 e. The van der Waals surface area contributed by atoms with Gasteiger partial charge in [0.2, 0.25) is 0 Å². The van der Waals surface area contributed by atoms with E-state index in [1.165, 1.54) is 0 Å². The quantitative estimate of drug-likeness (QED) is 0.803. The summed E-state index contributed by atoms with van der Waals surface area (Å²) in [5, 5.41) is 10.1. The molecule has 1 saturated heterocycles. The molecule has 4 heteroatoms. The summed E-state index contributed by atoms with van der Waals surface area (Å²) in [4.78, 5) is 6.63. The summed E-state index contributed by atoms with van der Waals surface area (Å²) >= 11 is 6.20. The molecule has 1 aliphatic carbocycles. The van der Waals surface area contributed by atoms with Crippen LogP contribution in [0.4, 0.5) is 5.82 Å². The number of aromatic nitrogens is 1. The molecule has 124 valence electrons. The number of piperidine rings is 1. The maximum absolute atomic E-state index is 9.62. The summed E-state index contributed by atoms with van der Waals surface area (Å²) in [6, 6.07) is 3.98. The zero-order valence-corrected chi connectivity index (χ0v) is 14.6. The van der Waals surface area contributed by atoms with E-state index in [0.717, 1.165) is 49.3 Å². The van der Waals surface area contributed by atoms with Crippen LogP contribution in [0.3, 0.4) is 0 Å². The molecular weight excluding hydrogens is 308 g/mol. The van der Waals surface area contributed by atoms with Crippen molar-refractivity contribution in [1.29, 1.82) is 0 Å². The van der Waals surface area contributed by atoms with Crippen molar-refractivity contribution in [2.24, 2.45) is 0 Å². The number of aliphatic hydroxyl groups is 1. The van der Waals surface area contributed by atoms with Gasteiger partial charge in [-0.15, -0.1) is 0 Å². The number of hydrogen-bond donors (Lipinski definition) is 1. The van der Waals surface area contributed by atoms with Crippen molar-refractivity contribution in [2.45, 2.75) is 39.2 Å². The second-order valence-corrected chi connectivity index (χ2v) is 5.83. The standard InChI is InChI=1S/C17H19ClN2O.C2H6/c18-16-11-14(13-5-3-1-2-4-6-13)12-17(19-16)20-9-7-15(21)8-10-20;1-2/h1,3-6,11-12,15,21H,2,7-10H2;1-2H3. The van der Waals surface area contributed by atoms with Crippen LogP contribution >= 0.6 is 11.6 Å². The molecule has 1 aromatic rings. The highest BCUT2D eigenvalue weighted by Gasteiger charge is 2.19. The number of aliphatic hydroxyl groups excluding tert-OH is 1. The molecule has 2 aliphatic rings. The number of nitrogens with zero attached hydrogens (tertiary/aromatic N) is 2. The van der Waals surface area contributed by atoms with Crippen LogP contribution in [0.15, 0.2) is 42.5 Å². The summed E-state index contributed by atoms with van der Waals surface area (Å²) in [5.41, 5.74) is 2.23. The Labute approximate surface area is 144 Å². The zero-order chi connectivity index (χ0) is 16.7. The molecule has 0 bridgehead atoms. The van der Waals surface area contributed by atoms with Crippen LogP contribution in [-0.2, 0) is 0 Å². The van der Waals surface area contributed by atoms with Crippen molar-refractivity contribution in [3.63, 3.8) is 0 Å². The van der Waals surface area contributed by atoms with E-state index < -0.39 is 0 Å². The highest BCUT2D eigenvalue weighted by molar-refractivity contribution is 6.29. The first-order valence-corrected chi connectivity index (χ1v) is 8.74. The Morgan fingerprint density at radius 1 is 1.17 bits per heavy atom. The first-order chi connectivity index (χ1) is 11.2. The molecule has 1 N–H and O–H groups in total. The zero-order valence-electron chi connectivity index (χ0n) is 13.9. The average molecular weight is 333 g/mol. The minimum atomic E-state index is -0.183. The highest BCUT2D eigenvalue weighted by atomic mass is 35.5. The summed E-state index contributed by atoms with van der Waals surface area (Å²) in [7, 11) is 0. The van der Waals surface area contributed by atoms with Crippen LogP contribution in [0, 0.1) is 0 Å². The van der Waals surface area contributed by atoms with Gasteiger partial charge in [0.25, 0.3) is 0 Å². The maximum Gasteiger partial charge on any atom is 0.132 e. The molecule has 1 aliphatic heterocycles. The lowest BCUT2D eigenvalue weighted by molar-refractivity contribution is 0.145. The summed E-state index contributed by atoms with van der Waals surface area (Å²) in [6.07, 6.45) is 12.9. The normalized spacial score (nSPS) is 18.1. The minimum Gasteiger partial charge on any atom is -0.393 e. The van der Waals surface area contributed by atoms with E-state index in [2.05, 4.69) is 46.3 Å². The Bertz CT molecular complexity index is 599.